The summed E-state index contributed by atoms with van der Waals surface area (Å²) in [5.74, 6) is -3.12. The average Bonchev–Trinajstić information content (AvgIpc) is 2.33. The number of hydrogen-bond donors (Lipinski definition) is 2. The van der Waals surface area contributed by atoms with E-state index < -0.39 is 17.4 Å². The van der Waals surface area contributed by atoms with Gasteiger partial charge in [0.05, 0.1) is 6.54 Å². The maximum absolute atomic E-state index is 13.1. The zero-order chi connectivity index (χ0) is 14.4. The van der Waals surface area contributed by atoms with Gasteiger partial charge in [0.1, 0.15) is 0 Å². The van der Waals surface area contributed by atoms with Crippen LogP contribution in [0.1, 0.15) is 18.9 Å². The molecule has 0 saturated heterocycles. The van der Waals surface area contributed by atoms with E-state index in [-0.39, 0.29) is 19.0 Å². The fourth-order valence-electron chi connectivity index (χ4n) is 1.64. The molecular formula is C13H18F2N2O2. The van der Waals surface area contributed by atoms with Crippen molar-refractivity contribution in [3.8, 4) is 5.75 Å². The lowest BCUT2D eigenvalue weighted by atomic mass is 10.2. The monoisotopic (exact) mass is 272 g/mol. The van der Waals surface area contributed by atoms with Crippen LogP contribution in [0.3, 0.4) is 0 Å². The molecule has 1 amide bonds. The molecule has 2 N–H and O–H groups in total. The highest BCUT2D eigenvalue weighted by atomic mass is 19.1. The molecule has 4 nitrogen and oxygen atoms in total. The van der Waals surface area contributed by atoms with Crippen LogP contribution >= 0.6 is 0 Å². The SMILES string of the molecule is CCCNC(=O)CN(C)Cc1cc(F)c(O)c(F)c1. The van der Waals surface area contributed by atoms with Crippen LogP contribution in [0.2, 0.25) is 0 Å². The van der Waals surface area contributed by atoms with E-state index >= 15 is 0 Å². The third kappa shape index (κ3) is 4.82. The summed E-state index contributed by atoms with van der Waals surface area (Å²) in [5.41, 5.74) is 0.360. The number of carbonyl (C=O) groups excluding carboxylic acids is 1. The van der Waals surface area contributed by atoms with Crippen LogP contribution in [-0.4, -0.2) is 36.1 Å². The minimum Gasteiger partial charge on any atom is -0.503 e. The van der Waals surface area contributed by atoms with E-state index in [9.17, 15) is 13.6 Å². The van der Waals surface area contributed by atoms with Crippen LogP contribution in [-0.2, 0) is 11.3 Å². The van der Waals surface area contributed by atoms with E-state index in [4.69, 9.17) is 5.11 Å². The van der Waals surface area contributed by atoms with Crippen molar-refractivity contribution in [2.75, 3.05) is 20.1 Å². The van der Waals surface area contributed by atoms with Gasteiger partial charge in [-0.3, -0.25) is 9.69 Å². The number of phenols is 1. The predicted molar refractivity (Wildman–Crippen MR) is 67.7 cm³/mol. The van der Waals surface area contributed by atoms with Crippen LogP contribution in [0.4, 0.5) is 8.78 Å². The van der Waals surface area contributed by atoms with E-state index in [1.807, 2.05) is 6.92 Å². The Labute approximate surface area is 111 Å². The van der Waals surface area contributed by atoms with Crippen LogP contribution in [0.5, 0.6) is 5.75 Å². The second kappa shape index (κ2) is 7.04. The van der Waals surface area contributed by atoms with Crippen molar-refractivity contribution in [1.29, 1.82) is 0 Å². The number of carbonyl (C=O) groups is 1. The number of likely N-dealkylation sites (N-methyl/N-ethyl adjacent to an activating group) is 1. The standard InChI is InChI=1S/C13H18F2N2O2/c1-3-4-16-12(18)8-17(2)7-9-5-10(14)13(19)11(15)6-9/h5-6,19H,3-4,7-8H2,1-2H3,(H,16,18). The number of halogens is 2. The van der Waals surface area contributed by atoms with Gasteiger partial charge >= 0.3 is 0 Å². The molecule has 0 aromatic heterocycles. The summed E-state index contributed by atoms with van der Waals surface area (Å²) >= 11 is 0. The Bertz CT molecular complexity index is 429. The molecule has 0 aliphatic rings. The minimum absolute atomic E-state index is 0.135. The first-order valence-electron chi connectivity index (χ1n) is 6.06. The fraction of sp³-hybridized carbons (Fsp3) is 0.462. The Balaban J connectivity index is 2.57. The molecule has 6 heteroatoms. The first-order valence-corrected chi connectivity index (χ1v) is 6.06. The van der Waals surface area contributed by atoms with E-state index in [1.165, 1.54) is 0 Å². The van der Waals surface area contributed by atoms with Gasteiger partial charge in [0.15, 0.2) is 17.4 Å². The zero-order valence-corrected chi connectivity index (χ0v) is 11.0. The Hall–Kier alpha value is -1.69. The van der Waals surface area contributed by atoms with E-state index in [0.29, 0.717) is 12.1 Å². The van der Waals surface area contributed by atoms with Gasteiger partial charge in [-0.25, -0.2) is 8.78 Å². The zero-order valence-electron chi connectivity index (χ0n) is 11.0. The van der Waals surface area contributed by atoms with Crippen LogP contribution < -0.4 is 5.32 Å². The van der Waals surface area contributed by atoms with Crippen molar-refractivity contribution in [2.45, 2.75) is 19.9 Å². The Morgan fingerprint density at radius 2 is 1.95 bits per heavy atom. The quantitative estimate of drug-likeness (QED) is 0.827. The number of nitrogens with zero attached hydrogens (tertiary/aromatic N) is 1. The Morgan fingerprint density at radius 3 is 2.47 bits per heavy atom. The third-order valence-electron chi connectivity index (χ3n) is 2.51. The number of nitrogens with one attached hydrogen (secondary N) is 1. The van der Waals surface area contributed by atoms with Gasteiger partial charge in [-0.2, -0.15) is 0 Å². The third-order valence-corrected chi connectivity index (χ3v) is 2.51. The first-order chi connectivity index (χ1) is 8.93. The largest absolute Gasteiger partial charge is 0.503 e. The highest BCUT2D eigenvalue weighted by Crippen LogP contribution is 2.21. The van der Waals surface area contributed by atoms with Crippen LogP contribution in [0, 0.1) is 11.6 Å². The summed E-state index contributed by atoms with van der Waals surface area (Å²) in [6, 6.07) is 2.11. The predicted octanol–water partition coefficient (Wildman–Crippen LogP) is 1.63. The van der Waals surface area contributed by atoms with E-state index in [1.54, 1.807) is 11.9 Å². The molecule has 1 rings (SSSR count). The van der Waals surface area contributed by atoms with Gasteiger partial charge in [0, 0.05) is 13.1 Å². The van der Waals surface area contributed by atoms with Crippen LogP contribution in [0.25, 0.3) is 0 Å². The summed E-state index contributed by atoms with van der Waals surface area (Å²) < 4.78 is 26.3. The van der Waals surface area contributed by atoms with Crippen molar-refractivity contribution in [3.63, 3.8) is 0 Å². The molecule has 0 bridgehead atoms. The molecule has 0 unspecified atom stereocenters. The minimum atomic E-state index is -1.00. The Morgan fingerprint density at radius 1 is 1.37 bits per heavy atom. The molecule has 1 aromatic carbocycles. The molecule has 0 saturated carbocycles. The maximum atomic E-state index is 13.1. The summed E-state index contributed by atoms with van der Waals surface area (Å²) in [6.45, 7) is 2.92. The second-order valence-electron chi connectivity index (χ2n) is 4.43. The number of phenolic OH excluding ortho intramolecular Hbond substituents is 1. The molecule has 0 radical (unpaired) electrons. The highest BCUT2D eigenvalue weighted by Gasteiger charge is 2.12. The van der Waals surface area contributed by atoms with Crippen molar-refractivity contribution in [2.24, 2.45) is 0 Å². The van der Waals surface area contributed by atoms with Gasteiger partial charge in [-0.15, -0.1) is 0 Å². The van der Waals surface area contributed by atoms with Crippen molar-refractivity contribution >= 4 is 5.91 Å². The van der Waals surface area contributed by atoms with E-state index in [0.717, 1.165) is 18.6 Å². The Kier molecular flexibility index (Phi) is 5.69. The molecule has 1 aromatic rings. The van der Waals surface area contributed by atoms with Crippen molar-refractivity contribution in [3.05, 3.63) is 29.3 Å². The lowest BCUT2D eigenvalue weighted by molar-refractivity contribution is -0.122. The average molecular weight is 272 g/mol. The van der Waals surface area contributed by atoms with Gasteiger partial charge in [0.2, 0.25) is 5.91 Å². The van der Waals surface area contributed by atoms with Gasteiger partial charge < -0.3 is 10.4 Å². The van der Waals surface area contributed by atoms with Gasteiger partial charge in [0.25, 0.3) is 0 Å². The molecule has 106 valence electrons. The number of hydrogen-bond acceptors (Lipinski definition) is 3. The number of aromatic hydroxyl groups is 1. The van der Waals surface area contributed by atoms with Crippen LogP contribution in [0.15, 0.2) is 12.1 Å². The summed E-state index contributed by atoms with van der Waals surface area (Å²) in [5, 5.41) is 11.7. The molecular weight excluding hydrogens is 254 g/mol. The summed E-state index contributed by atoms with van der Waals surface area (Å²) in [6.07, 6.45) is 0.851. The molecule has 0 atom stereocenters. The highest BCUT2D eigenvalue weighted by molar-refractivity contribution is 5.77. The lowest BCUT2D eigenvalue weighted by Gasteiger charge is -2.16. The van der Waals surface area contributed by atoms with Gasteiger partial charge in [-0.1, -0.05) is 6.92 Å². The van der Waals surface area contributed by atoms with Crippen molar-refractivity contribution < 1.29 is 18.7 Å². The number of rotatable bonds is 6. The molecule has 0 spiro atoms. The van der Waals surface area contributed by atoms with Crippen molar-refractivity contribution in [1.82, 2.24) is 10.2 Å². The number of benzene rings is 1. The topological polar surface area (TPSA) is 52.6 Å². The molecule has 19 heavy (non-hydrogen) atoms. The summed E-state index contributed by atoms with van der Waals surface area (Å²) in [4.78, 5) is 13.1. The smallest absolute Gasteiger partial charge is 0.234 e. The lowest BCUT2D eigenvalue weighted by Crippen LogP contribution is -2.35. The fourth-order valence-corrected chi connectivity index (χ4v) is 1.64. The molecule has 0 heterocycles. The van der Waals surface area contributed by atoms with E-state index in [2.05, 4.69) is 5.32 Å². The molecule has 0 aliphatic carbocycles. The van der Waals surface area contributed by atoms with Gasteiger partial charge in [-0.05, 0) is 31.2 Å². The molecule has 0 aliphatic heterocycles. The molecule has 0 fully saturated rings. The summed E-state index contributed by atoms with van der Waals surface area (Å²) in [7, 11) is 1.67. The normalized spacial score (nSPS) is 10.8. The number of amides is 1. The second-order valence-corrected chi connectivity index (χ2v) is 4.43. The maximum Gasteiger partial charge on any atom is 0.234 e. The first kappa shape index (κ1) is 15.4.